The SMILES string of the molecule is COCC(OC)C(N)=O. The topological polar surface area (TPSA) is 61.6 Å². The standard InChI is InChI=1S/C5H11NO3/c1-8-3-4(9-2)5(6)7/h4H,3H2,1-2H3,(H2,6,7). The number of nitrogens with two attached hydrogens (primary N) is 1. The summed E-state index contributed by atoms with van der Waals surface area (Å²) in [7, 11) is 2.89. The fourth-order valence-electron chi connectivity index (χ4n) is 0.418. The molecule has 1 unspecified atom stereocenters. The molecule has 0 spiro atoms. The molecule has 0 aliphatic carbocycles. The molecule has 0 heterocycles. The van der Waals surface area contributed by atoms with Gasteiger partial charge in [-0.05, 0) is 0 Å². The van der Waals surface area contributed by atoms with E-state index in [9.17, 15) is 4.79 Å². The van der Waals surface area contributed by atoms with E-state index in [1.54, 1.807) is 0 Å². The van der Waals surface area contributed by atoms with Crippen LogP contribution in [0.3, 0.4) is 0 Å². The second kappa shape index (κ2) is 4.29. The Hall–Kier alpha value is -0.610. The molecule has 0 radical (unpaired) electrons. The molecule has 0 rings (SSSR count). The average molecular weight is 133 g/mol. The zero-order valence-electron chi connectivity index (χ0n) is 5.59. The minimum Gasteiger partial charge on any atom is -0.381 e. The average Bonchev–Trinajstić information content (AvgIpc) is 1.82. The quantitative estimate of drug-likeness (QED) is 0.542. The summed E-state index contributed by atoms with van der Waals surface area (Å²) < 4.78 is 9.28. The van der Waals surface area contributed by atoms with Gasteiger partial charge in [0.2, 0.25) is 5.91 Å². The molecule has 0 saturated heterocycles. The van der Waals surface area contributed by atoms with Crippen molar-refractivity contribution in [2.45, 2.75) is 6.10 Å². The predicted molar refractivity (Wildman–Crippen MR) is 31.9 cm³/mol. The summed E-state index contributed by atoms with van der Waals surface area (Å²) in [6, 6.07) is 0. The maximum atomic E-state index is 10.3. The highest BCUT2D eigenvalue weighted by molar-refractivity contribution is 5.78. The van der Waals surface area contributed by atoms with Gasteiger partial charge in [0.05, 0.1) is 6.61 Å². The zero-order chi connectivity index (χ0) is 7.28. The lowest BCUT2D eigenvalue weighted by Crippen LogP contribution is -2.33. The number of rotatable bonds is 4. The Kier molecular flexibility index (Phi) is 4.00. The Morgan fingerprint density at radius 3 is 2.33 bits per heavy atom. The van der Waals surface area contributed by atoms with Crippen LogP contribution in [0.2, 0.25) is 0 Å². The van der Waals surface area contributed by atoms with E-state index in [4.69, 9.17) is 5.73 Å². The molecule has 0 aromatic heterocycles. The summed E-state index contributed by atoms with van der Waals surface area (Å²) >= 11 is 0. The largest absolute Gasteiger partial charge is 0.381 e. The number of amides is 1. The number of primary amides is 1. The third kappa shape index (κ3) is 3.05. The first-order valence-electron chi connectivity index (χ1n) is 2.53. The van der Waals surface area contributed by atoms with Crippen LogP contribution in [0.4, 0.5) is 0 Å². The van der Waals surface area contributed by atoms with E-state index in [2.05, 4.69) is 9.47 Å². The van der Waals surface area contributed by atoms with E-state index < -0.39 is 12.0 Å². The van der Waals surface area contributed by atoms with Gasteiger partial charge in [-0.25, -0.2) is 0 Å². The molecule has 1 atom stereocenters. The predicted octanol–water partition coefficient (Wildman–Crippen LogP) is -0.867. The molecule has 0 aromatic carbocycles. The molecule has 4 heteroatoms. The Labute approximate surface area is 53.9 Å². The molecule has 1 amide bonds. The van der Waals surface area contributed by atoms with Gasteiger partial charge in [-0.3, -0.25) is 4.79 Å². The van der Waals surface area contributed by atoms with Crippen molar-refractivity contribution in [3.8, 4) is 0 Å². The van der Waals surface area contributed by atoms with Gasteiger partial charge >= 0.3 is 0 Å². The van der Waals surface area contributed by atoms with E-state index in [-0.39, 0.29) is 6.61 Å². The minimum atomic E-state index is -0.616. The van der Waals surface area contributed by atoms with Crippen LogP contribution in [0, 0.1) is 0 Å². The van der Waals surface area contributed by atoms with Crippen molar-refractivity contribution in [2.24, 2.45) is 5.73 Å². The van der Waals surface area contributed by atoms with Crippen molar-refractivity contribution in [1.82, 2.24) is 0 Å². The molecule has 0 aromatic rings. The molecule has 2 N–H and O–H groups in total. The summed E-state index contributed by atoms with van der Waals surface area (Å²) in [4.78, 5) is 10.3. The van der Waals surface area contributed by atoms with Gasteiger partial charge in [0.1, 0.15) is 0 Å². The Bertz CT molecular complexity index is 94.2. The van der Waals surface area contributed by atoms with Crippen LogP contribution in [-0.2, 0) is 14.3 Å². The first kappa shape index (κ1) is 8.39. The molecule has 0 bridgehead atoms. The van der Waals surface area contributed by atoms with Crippen molar-refractivity contribution < 1.29 is 14.3 Å². The molecular weight excluding hydrogens is 122 g/mol. The lowest BCUT2D eigenvalue weighted by molar-refractivity contribution is -0.130. The Balaban J connectivity index is 3.54. The van der Waals surface area contributed by atoms with E-state index >= 15 is 0 Å². The second-order valence-electron chi connectivity index (χ2n) is 1.58. The van der Waals surface area contributed by atoms with Crippen molar-refractivity contribution in [3.63, 3.8) is 0 Å². The molecule has 9 heavy (non-hydrogen) atoms. The molecular formula is C5H11NO3. The first-order valence-corrected chi connectivity index (χ1v) is 2.53. The van der Waals surface area contributed by atoms with Gasteiger partial charge in [0.25, 0.3) is 0 Å². The van der Waals surface area contributed by atoms with Crippen LogP contribution >= 0.6 is 0 Å². The first-order chi connectivity index (χ1) is 4.22. The van der Waals surface area contributed by atoms with E-state index in [0.29, 0.717) is 0 Å². The Morgan fingerprint density at radius 2 is 2.22 bits per heavy atom. The number of hydrogen-bond acceptors (Lipinski definition) is 3. The summed E-state index contributed by atoms with van der Waals surface area (Å²) in [5.41, 5.74) is 4.89. The van der Waals surface area contributed by atoms with Gasteiger partial charge in [-0.1, -0.05) is 0 Å². The monoisotopic (exact) mass is 133 g/mol. The van der Waals surface area contributed by atoms with Crippen LogP contribution in [0.5, 0.6) is 0 Å². The summed E-state index contributed by atoms with van der Waals surface area (Å²) in [6.07, 6.45) is -0.616. The van der Waals surface area contributed by atoms with Gasteiger partial charge in [-0.15, -0.1) is 0 Å². The lowest BCUT2D eigenvalue weighted by Gasteiger charge is -2.08. The zero-order valence-corrected chi connectivity index (χ0v) is 5.59. The number of methoxy groups -OCH3 is 2. The van der Waals surface area contributed by atoms with Crippen LogP contribution in [0.1, 0.15) is 0 Å². The number of carbonyl (C=O) groups excluding carboxylic acids is 1. The summed E-state index contributed by atoms with van der Waals surface area (Å²) in [5.74, 6) is -0.501. The summed E-state index contributed by atoms with van der Waals surface area (Å²) in [5, 5.41) is 0. The van der Waals surface area contributed by atoms with E-state index in [0.717, 1.165) is 0 Å². The second-order valence-corrected chi connectivity index (χ2v) is 1.58. The molecule has 0 saturated carbocycles. The van der Waals surface area contributed by atoms with Crippen LogP contribution < -0.4 is 5.73 Å². The normalized spacial score (nSPS) is 13.1. The number of carbonyl (C=O) groups is 1. The maximum absolute atomic E-state index is 10.3. The van der Waals surface area contributed by atoms with Crippen LogP contribution in [-0.4, -0.2) is 32.8 Å². The number of hydrogen-bond donors (Lipinski definition) is 1. The van der Waals surface area contributed by atoms with Gasteiger partial charge in [0, 0.05) is 14.2 Å². The van der Waals surface area contributed by atoms with Crippen molar-refractivity contribution in [1.29, 1.82) is 0 Å². The highest BCUT2D eigenvalue weighted by Gasteiger charge is 2.12. The van der Waals surface area contributed by atoms with Crippen LogP contribution in [0.25, 0.3) is 0 Å². The third-order valence-electron chi connectivity index (χ3n) is 0.920. The van der Waals surface area contributed by atoms with E-state index in [1.807, 2.05) is 0 Å². The van der Waals surface area contributed by atoms with E-state index in [1.165, 1.54) is 14.2 Å². The maximum Gasteiger partial charge on any atom is 0.248 e. The third-order valence-corrected chi connectivity index (χ3v) is 0.920. The van der Waals surface area contributed by atoms with Gasteiger partial charge < -0.3 is 15.2 Å². The van der Waals surface area contributed by atoms with Crippen molar-refractivity contribution in [2.75, 3.05) is 20.8 Å². The smallest absolute Gasteiger partial charge is 0.248 e. The Morgan fingerprint density at radius 1 is 1.67 bits per heavy atom. The van der Waals surface area contributed by atoms with Crippen molar-refractivity contribution >= 4 is 5.91 Å². The minimum absolute atomic E-state index is 0.214. The lowest BCUT2D eigenvalue weighted by atomic mass is 10.4. The summed E-state index contributed by atoms with van der Waals surface area (Å²) in [6.45, 7) is 0.214. The molecule has 54 valence electrons. The fraction of sp³-hybridized carbons (Fsp3) is 0.800. The number of ether oxygens (including phenoxy) is 2. The van der Waals surface area contributed by atoms with Crippen molar-refractivity contribution in [3.05, 3.63) is 0 Å². The molecule has 0 fully saturated rings. The van der Waals surface area contributed by atoms with Crippen LogP contribution in [0.15, 0.2) is 0 Å². The highest BCUT2D eigenvalue weighted by atomic mass is 16.5. The highest BCUT2D eigenvalue weighted by Crippen LogP contribution is 1.87. The molecule has 4 nitrogen and oxygen atoms in total. The van der Waals surface area contributed by atoms with Gasteiger partial charge in [0.15, 0.2) is 6.10 Å². The molecule has 0 aliphatic heterocycles. The van der Waals surface area contributed by atoms with Gasteiger partial charge in [-0.2, -0.15) is 0 Å². The molecule has 0 aliphatic rings. The fourth-order valence-corrected chi connectivity index (χ4v) is 0.418.